The smallest absolute Gasteiger partial charge is 0.243 e. The zero-order chi connectivity index (χ0) is 18.7. The lowest BCUT2D eigenvalue weighted by Crippen LogP contribution is -2.38. The number of nitrogens with one attached hydrogen (secondary N) is 1. The number of carbonyl (C=O) groups excluding carboxylic acids is 1. The van der Waals surface area contributed by atoms with Gasteiger partial charge in [0.05, 0.1) is 23.6 Å². The van der Waals surface area contributed by atoms with Gasteiger partial charge >= 0.3 is 0 Å². The molecule has 0 aromatic heterocycles. The van der Waals surface area contributed by atoms with E-state index in [0.29, 0.717) is 31.1 Å². The maximum atomic E-state index is 12.8. The van der Waals surface area contributed by atoms with Gasteiger partial charge in [-0.15, -0.1) is 0 Å². The number of anilines is 1. The monoisotopic (exact) mass is 381 g/mol. The lowest BCUT2D eigenvalue weighted by atomic mass is 9.97. The number of hydrogen-bond donors (Lipinski definition) is 1. The highest BCUT2D eigenvalue weighted by molar-refractivity contribution is 7.89. The molecule has 0 aliphatic carbocycles. The van der Waals surface area contributed by atoms with E-state index in [0.717, 1.165) is 32.2 Å². The van der Waals surface area contributed by atoms with Gasteiger partial charge in [0.15, 0.2) is 0 Å². The van der Waals surface area contributed by atoms with Crippen LogP contribution in [-0.2, 0) is 14.8 Å². The topological polar surface area (TPSA) is 79.0 Å². The summed E-state index contributed by atoms with van der Waals surface area (Å²) in [5, 5.41) is 2.88. The first kappa shape index (κ1) is 19.1. The van der Waals surface area contributed by atoms with Crippen LogP contribution in [0.1, 0.15) is 25.7 Å². The van der Waals surface area contributed by atoms with Gasteiger partial charge in [-0.3, -0.25) is 4.79 Å². The van der Waals surface area contributed by atoms with Crippen molar-refractivity contribution in [3.8, 4) is 5.75 Å². The first-order valence-corrected chi connectivity index (χ1v) is 10.5. The molecule has 0 radical (unpaired) electrons. The number of piperidine rings is 1. The van der Waals surface area contributed by atoms with Crippen LogP contribution in [0.4, 0.5) is 5.69 Å². The molecule has 2 saturated heterocycles. The summed E-state index contributed by atoms with van der Waals surface area (Å²) in [5.74, 6) is 0.269. The third-order valence-electron chi connectivity index (χ3n) is 5.13. The summed E-state index contributed by atoms with van der Waals surface area (Å²) in [6, 6.07) is 4.65. The van der Waals surface area contributed by atoms with E-state index in [1.54, 1.807) is 6.07 Å². The van der Waals surface area contributed by atoms with Crippen LogP contribution < -0.4 is 10.1 Å². The van der Waals surface area contributed by atoms with Crippen LogP contribution in [0.5, 0.6) is 5.75 Å². The van der Waals surface area contributed by atoms with Crippen molar-refractivity contribution in [3.63, 3.8) is 0 Å². The first-order valence-electron chi connectivity index (χ1n) is 9.09. The molecule has 0 saturated carbocycles. The molecule has 0 spiro atoms. The summed E-state index contributed by atoms with van der Waals surface area (Å²) in [6.07, 6.45) is 3.59. The molecule has 0 bridgehead atoms. The van der Waals surface area contributed by atoms with Gasteiger partial charge in [-0.2, -0.15) is 4.31 Å². The van der Waals surface area contributed by atoms with Crippen molar-refractivity contribution in [2.75, 3.05) is 45.7 Å². The predicted molar refractivity (Wildman–Crippen MR) is 99.8 cm³/mol. The number of hydrogen-bond acceptors (Lipinski definition) is 5. The zero-order valence-electron chi connectivity index (χ0n) is 15.4. The number of carbonyl (C=O) groups is 1. The molecule has 144 valence electrons. The molecule has 1 aromatic rings. The summed E-state index contributed by atoms with van der Waals surface area (Å²) >= 11 is 0. The van der Waals surface area contributed by atoms with E-state index in [1.165, 1.54) is 23.5 Å². The molecule has 0 unspecified atom stereocenters. The minimum atomic E-state index is -3.54. The molecule has 1 aromatic carbocycles. The average Bonchev–Trinajstić information content (AvgIpc) is 3.17. The maximum absolute atomic E-state index is 12.8. The van der Waals surface area contributed by atoms with Gasteiger partial charge in [-0.25, -0.2) is 8.42 Å². The van der Waals surface area contributed by atoms with Gasteiger partial charge in [0, 0.05) is 19.6 Å². The Morgan fingerprint density at radius 3 is 2.58 bits per heavy atom. The van der Waals surface area contributed by atoms with Crippen molar-refractivity contribution in [2.24, 2.45) is 5.92 Å². The van der Waals surface area contributed by atoms with E-state index in [1.807, 2.05) is 7.05 Å². The number of methoxy groups -OCH3 is 1. The van der Waals surface area contributed by atoms with E-state index in [2.05, 4.69) is 10.2 Å². The number of nitrogens with zero attached hydrogens (tertiary/aromatic N) is 2. The molecule has 2 heterocycles. The van der Waals surface area contributed by atoms with Crippen molar-refractivity contribution in [1.29, 1.82) is 0 Å². The highest BCUT2D eigenvalue weighted by atomic mass is 32.2. The zero-order valence-corrected chi connectivity index (χ0v) is 16.2. The van der Waals surface area contributed by atoms with E-state index >= 15 is 0 Å². The molecular weight excluding hydrogens is 354 g/mol. The van der Waals surface area contributed by atoms with E-state index in [9.17, 15) is 13.2 Å². The molecule has 8 heteroatoms. The van der Waals surface area contributed by atoms with E-state index in [-0.39, 0.29) is 16.7 Å². The van der Waals surface area contributed by atoms with Gasteiger partial charge < -0.3 is 15.0 Å². The van der Waals surface area contributed by atoms with Gasteiger partial charge in [-0.05, 0) is 57.5 Å². The maximum Gasteiger partial charge on any atom is 0.243 e. The Bertz CT molecular complexity index is 760. The third kappa shape index (κ3) is 4.02. The number of benzene rings is 1. The molecule has 26 heavy (non-hydrogen) atoms. The highest BCUT2D eigenvalue weighted by Crippen LogP contribution is 2.31. The van der Waals surface area contributed by atoms with Crippen molar-refractivity contribution >= 4 is 21.6 Å². The van der Waals surface area contributed by atoms with E-state index in [4.69, 9.17) is 4.74 Å². The van der Waals surface area contributed by atoms with Gasteiger partial charge in [0.25, 0.3) is 0 Å². The summed E-state index contributed by atoms with van der Waals surface area (Å²) in [5.41, 5.74) is 0.408. The van der Waals surface area contributed by atoms with Gasteiger partial charge in [-0.1, -0.05) is 0 Å². The van der Waals surface area contributed by atoms with Crippen LogP contribution >= 0.6 is 0 Å². The Labute approximate surface area is 155 Å². The number of rotatable bonds is 5. The molecular formula is C18H27N3O4S. The normalized spacial score (nSPS) is 22.3. The third-order valence-corrected chi connectivity index (χ3v) is 7.02. The summed E-state index contributed by atoms with van der Waals surface area (Å²) in [7, 11) is -0.0262. The lowest BCUT2D eigenvalue weighted by molar-refractivity contribution is -0.121. The summed E-state index contributed by atoms with van der Waals surface area (Å²) in [6.45, 7) is 2.80. The largest absolute Gasteiger partial charge is 0.495 e. The molecule has 1 N–H and O–H groups in total. The molecule has 2 fully saturated rings. The van der Waals surface area contributed by atoms with Crippen LogP contribution in [0.25, 0.3) is 0 Å². The second kappa shape index (κ2) is 7.94. The minimum absolute atomic E-state index is 0.0921. The fourth-order valence-corrected chi connectivity index (χ4v) is 5.18. The van der Waals surface area contributed by atoms with Crippen molar-refractivity contribution in [1.82, 2.24) is 9.21 Å². The summed E-state index contributed by atoms with van der Waals surface area (Å²) in [4.78, 5) is 15.0. The molecule has 2 aliphatic rings. The Hall–Kier alpha value is -1.64. The van der Waals surface area contributed by atoms with Crippen molar-refractivity contribution < 1.29 is 17.9 Å². The fourth-order valence-electron chi connectivity index (χ4n) is 3.64. The van der Waals surface area contributed by atoms with Crippen LogP contribution in [0.15, 0.2) is 23.1 Å². The second-order valence-corrected chi connectivity index (χ2v) is 9.00. The number of sulfonamides is 1. The Balaban J connectivity index is 1.82. The van der Waals surface area contributed by atoms with E-state index < -0.39 is 10.0 Å². The standard InChI is InChI=1S/C18H27N3O4S/c1-20-9-5-6-14(13-20)18(22)19-16-12-15(7-8-17(16)25-2)26(23,24)21-10-3-4-11-21/h7-8,12,14H,3-6,9-11,13H2,1-2H3,(H,19,22)/t14-/m0/s1. The Morgan fingerprint density at radius 1 is 1.19 bits per heavy atom. The van der Waals surface area contributed by atoms with Crippen LogP contribution in [0.2, 0.25) is 0 Å². The average molecular weight is 381 g/mol. The minimum Gasteiger partial charge on any atom is -0.495 e. The quantitative estimate of drug-likeness (QED) is 0.841. The van der Waals surface area contributed by atoms with Crippen molar-refractivity contribution in [3.05, 3.63) is 18.2 Å². The highest BCUT2D eigenvalue weighted by Gasteiger charge is 2.29. The second-order valence-electron chi connectivity index (χ2n) is 7.06. The molecule has 7 nitrogen and oxygen atoms in total. The predicted octanol–water partition coefficient (Wildman–Crippen LogP) is 1.76. The Kier molecular flexibility index (Phi) is 5.84. The molecule has 1 atom stereocenters. The van der Waals surface area contributed by atoms with Gasteiger partial charge in [0.2, 0.25) is 15.9 Å². The molecule has 1 amide bonds. The lowest BCUT2D eigenvalue weighted by Gasteiger charge is -2.29. The van der Waals surface area contributed by atoms with Crippen LogP contribution in [-0.4, -0.2) is 63.9 Å². The van der Waals surface area contributed by atoms with Crippen LogP contribution in [0, 0.1) is 5.92 Å². The first-order chi connectivity index (χ1) is 12.4. The number of likely N-dealkylation sites (tertiary alicyclic amines) is 1. The number of ether oxygens (including phenoxy) is 1. The fraction of sp³-hybridized carbons (Fsp3) is 0.611. The molecule has 3 rings (SSSR count). The SMILES string of the molecule is COc1ccc(S(=O)(=O)N2CCCC2)cc1NC(=O)[C@H]1CCCN(C)C1. The number of amides is 1. The van der Waals surface area contributed by atoms with Crippen LogP contribution in [0.3, 0.4) is 0 Å². The Morgan fingerprint density at radius 2 is 1.92 bits per heavy atom. The summed E-state index contributed by atoms with van der Waals surface area (Å²) < 4.78 is 32.4. The molecule has 2 aliphatic heterocycles. The van der Waals surface area contributed by atoms with Gasteiger partial charge in [0.1, 0.15) is 5.75 Å². The van der Waals surface area contributed by atoms with Crippen molar-refractivity contribution in [2.45, 2.75) is 30.6 Å².